The number of nitrogens with zero attached hydrogens (tertiary/aromatic N) is 2. The summed E-state index contributed by atoms with van der Waals surface area (Å²) < 4.78 is 0. The maximum absolute atomic E-state index is 11.7. The first-order chi connectivity index (χ1) is 7.73. The van der Waals surface area contributed by atoms with Crippen LogP contribution in [0.3, 0.4) is 0 Å². The van der Waals surface area contributed by atoms with E-state index in [-0.39, 0.29) is 17.5 Å². The highest BCUT2D eigenvalue weighted by Crippen LogP contribution is 2.24. The summed E-state index contributed by atoms with van der Waals surface area (Å²) in [6.45, 7) is 8.48. The van der Waals surface area contributed by atoms with Crippen molar-refractivity contribution in [3.63, 3.8) is 0 Å². The zero-order chi connectivity index (χ0) is 13.2. The summed E-state index contributed by atoms with van der Waals surface area (Å²) in [7, 11) is 0. The van der Waals surface area contributed by atoms with Crippen molar-refractivity contribution in [1.82, 2.24) is 9.80 Å². The minimum absolute atomic E-state index is 0.00245. The van der Waals surface area contributed by atoms with Crippen molar-refractivity contribution in [3.05, 3.63) is 0 Å². The highest BCUT2D eigenvalue weighted by Gasteiger charge is 2.34. The molecule has 0 aliphatic carbocycles. The highest BCUT2D eigenvalue weighted by atomic mass is 16.4. The number of hydrogen-bond donors (Lipinski definition) is 1. The number of carbonyl (C=O) groups is 2. The molecule has 5 nitrogen and oxygen atoms in total. The van der Waals surface area contributed by atoms with Gasteiger partial charge in [0.1, 0.15) is 0 Å². The Morgan fingerprint density at radius 1 is 1.35 bits per heavy atom. The third kappa shape index (κ3) is 3.35. The molecule has 5 heteroatoms. The van der Waals surface area contributed by atoms with Crippen molar-refractivity contribution >= 4 is 12.0 Å². The molecule has 1 rings (SSSR count). The van der Waals surface area contributed by atoms with Gasteiger partial charge in [0.15, 0.2) is 0 Å². The van der Waals surface area contributed by atoms with Gasteiger partial charge in [-0.25, -0.2) is 4.79 Å². The molecule has 1 N–H and O–H groups in total. The molecule has 0 bridgehead atoms. The van der Waals surface area contributed by atoms with E-state index >= 15 is 0 Å². The van der Waals surface area contributed by atoms with Crippen LogP contribution in [0.15, 0.2) is 0 Å². The van der Waals surface area contributed by atoms with Gasteiger partial charge < -0.3 is 14.9 Å². The Balaban J connectivity index is 2.82. The minimum atomic E-state index is -0.896. The van der Waals surface area contributed by atoms with E-state index < -0.39 is 6.09 Å². The summed E-state index contributed by atoms with van der Waals surface area (Å²) in [4.78, 5) is 25.9. The zero-order valence-electron chi connectivity index (χ0n) is 11.1. The molecular formula is C12H22N2O3. The molecule has 1 atom stereocenters. The van der Waals surface area contributed by atoms with Gasteiger partial charge in [0.2, 0.25) is 5.91 Å². The van der Waals surface area contributed by atoms with Gasteiger partial charge in [-0.05, 0) is 33.6 Å². The lowest BCUT2D eigenvalue weighted by Crippen LogP contribution is -2.57. The summed E-state index contributed by atoms with van der Waals surface area (Å²) in [6, 6.07) is -0.00245. The normalized spacial score (nSPS) is 21.2. The summed E-state index contributed by atoms with van der Waals surface area (Å²) in [5, 5.41) is 9.00. The predicted octanol–water partition coefficient (Wildman–Crippen LogP) is 1.78. The Bertz CT molecular complexity index is 309. The van der Waals surface area contributed by atoms with E-state index in [1.54, 1.807) is 6.92 Å². The predicted molar refractivity (Wildman–Crippen MR) is 64.9 cm³/mol. The smallest absolute Gasteiger partial charge is 0.407 e. The average Bonchev–Trinajstić information content (AvgIpc) is 2.15. The average molecular weight is 242 g/mol. The number of hydrogen-bond acceptors (Lipinski definition) is 2. The monoisotopic (exact) mass is 242 g/mol. The highest BCUT2D eigenvalue weighted by molar-refractivity contribution is 5.74. The van der Waals surface area contributed by atoms with Crippen LogP contribution < -0.4 is 0 Å². The van der Waals surface area contributed by atoms with Crippen LogP contribution in [0.2, 0.25) is 0 Å². The summed E-state index contributed by atoms with van der Waals surface area (Å²) in [6.07, 6.45) is 0.796. The fourth-order valence-electron chi connectivity index (χ4n) is 2.62. The zero-order valence-corrected chi connectivity index (χ0v) is 11.1. The largest absolute Gasteiger partial charge is 0.465 e. The maximum Gasteiger partial charge on any atom is 0.407 e. The van der Waals surface area contributed by atoms with Crippen molar-refractivity contribution in [2.75, 3.05) is 13.1 Å². The summed E-state index contributed by atoms with van der Waals surface area (Å²) >= 11 is 0. The summed E-state index contributed by atoms with van der Waals surface area (Å²) in [5.41, 5.74) is -0.266. The third-order valence-electron chi connectivity index (χ3n) is 3.09. The molecule has 1 heterocycles. The van der Waals surface area contributed by atoms with Crippen molar-refractivity contribution in [2.45, 2.75) is 52.1 Å². The molecule has 0 radical (unpaired) electrons. The quantitative estimate of drug-likeness (QED) is 0.762. The molecule has 17 heavy (non-hydrogen) atoms. The lowest BCUT2D eigenvalue weighted by Gasteiger charge is -2.44. The molecule has 1 saturated heterocycles. The van der Waals surface area contributed by atoms with Gasteiger partial charge in [0.25, 0.3) is 0 Å². The standard InChI is InChI=1S/C12H22N2O3/c1-9(15)14(12(2,3)4)10-6-5-7-13(8-10)11(16)17/h10H,5-8H2,1-4H3,(H,16,17)/t10-/m1/s1. The van der Waals surface area contributed by atoms with E-state index in [1.165, 1.54) is 4.90 Å². The van der Waals surface area contributed by atoms with E-state index in [1.807, 2.05) is 25.7 Å². The van der Waals surface area contributed by atoms with E-state index in [2.05, 4.69) is 0 Å². The third-order valence-corrected chi connectivity index (χ3v) is 3.09. The minimum Gasteiger partial charge on any atom is -0.465 e. The van der Waals surface area contributed by atoms with Crippen LogP contribution in [0.5, 0.6) is 0 Å². The van der Waals surface area contributed by atoms with Gasteiger partial charge in [-0.1, -0.05) is 0 Å². The molecule has 0 aromatic carbocycles. The summed E-state index contributed by atoms with van der Waals surface area (Å²) in [5.74, 6) is 0.00902. The second-order valence-electron chi connectivity index (χ2n) is 5.58. The molecule has 1 aliphatic heterocycles. The molecule has 0 spiro atoms. The van der Waals surface area contributed by atoms with Crippen molar-refractivity contribution < 1.29 is 14.7 Å². The Hall–Kier alpha value is -1.26. The van der Waals surface area contributed by atoms with E-state index in [0.29, 0.717) is 13.1 Å². The maximum atomic E-state index is 11.7. The van der Waals surface area contributed by atoms with Gasteiger partial charge in [-0.3, -0.25) is 4.79 Å². The van der Waals surface area contributed by atoms with Gasteiger partial charge in [0, 0.05) is 31.6 Å². The molecule has 0 aromatic heterocycles. The van der Waals surface area contributed by atoms with Crippen molar-refractivity contribution in [1.29, 1.82) is 0 Å². The molecular weight excluding hydrogens is 220 g/mol. The molecule has 1 aliphatic rings. The van der Waals surface area contributed by atoms with Crippen molar-refractivity contribution in [2.24, 2.45) is 0 Å². The van der Waals surface area contributed by atoms with Crippen LogP contribution in [0, 0.1) is 0 Å². The lowest BCUT2D eigenvalue weighted by molar-refractivity contribution is -0.138. The Labute approximate surface area is 102 Å². The second kappa shape index (κ2) is 4.94. The fraction of sp³-hybridized carbons (Fsp3) is 0.833. The second-order valence-corrected chi connectivity index (χ2v) is 5.58. The fourth-order valence-corrected chi connectivity index (χ4v) is 2.62. The Kier molecular flexibility index (Phi) is 4.01. The number of rotatable bonds is 1. The molecule has 0 unspecified atom stereocenters. The van der Waals surface area contributed by atoms with Gasteiger partial charge >= 0.3 is 6.09 Å². The van der Waals surface area contributed by atoms with Gasteiger partial charge in [-0.15, -0.1) is 0 Å². The lowest BCUT2D eigenvalue weighted by atomic mass is 9.97. The first-order valence-corrected chi connectivity index (χ1v) is 6.01. The number of likely N-dealkylation sites (tertiary alicyclic amines) is 1. The van der Waals surface area contributed by atoms with Crippen LogP contribution in [0.1, 0.15) is 40.5 Å². The van der Waals surface area contributed by atoms with E-state index in [9.17, 15) is 9.59 Å². The Morgan fingerprint density at radius 2 is 1.94 bits per heavy atom. The molecule has 0 aromatic rings. The van der Waals surface area contributed by atoms with E-state index in [0.717, 1.165) is 12.8 Å². The molecule has 1 fully saturated rings. The van der Waals surface area contributed by atoms with Gasteiger partial charge in [-0.2, -0.15) is 0 Å². The molecule has 0 saturated carbocycles. The van der Waals surface area contributed by atoms with Crippen LogP contribution in [-0.4, -0.2) is 51.6 Å². The van der Waals surface area contributed by atoms with E-state index in [4.69, 9.17) is 5.11 Å². The van der Waals surface area contributed by atoms with Gasteiger partial charge in [0.05, 0.1) is 0 Å². The van der Waals surface area contributed by atoms with Crippen LogP contribution >= 0.6 is 0 Å². The first kappa shape index (κ1) is 13.8. The van der Waals surface area contributed by atoms with Crippen molar-refractivity contribution in [3.8, 4) is 0 Å². The molecule has 2 amide bonds. The number of carboxylic acid groups (broad SMARTS) is 1. The number of amides is 2. The topological polar surface area (TPSA) is 60.9 Å². The first-order valence-electron chi connectivity index (χ1n) is 6.01. The van der Waals surface area contributed by atoms with Crippen LogP contribution in [-0.2, 0) is 4.79 Å². The number of piperidine rings is 1. The Morgan fingerprint density at radius 3 is 2.35 bits per heavy atom. The van der Waals surface area contributed by atoms with Crippen LogP contribution in [0.4, 0.5) is 4.79 Å². The SMILES string of the molecule is CC(=O)N([C@@H]1CCCN(C(=O)O)C1)C(C)(C)C. The molecule has 98 valence electrons. The number of carbonyl (C=O) groups excluding carboxylic acids is 1. The van der Waals surface area contributed by atoms with Crippen LogP contribution in [0.25, 0.3) is 0 Å².